The number of fused-ring (bicyclic) bond motifs is 1. The van der Waals surface area contributed by atoms with Gasteiger partial charge in [-0.2, -0.15) is 13.2 Å². The summed E-state index contributed by atoms with van der Waals surface area (Å²) in [7, 11) is 0. The second-order valence-corrected chi connectivity index (χ2v) is 3.54. The van der Waals surface area contributed by atoms with Crippen molar-refractivity contribution in [1.82, 2.24) is 0 Å². The summed E-state index contributed by atoms with van der Waals surface area (Å²) in [5.74, 6) is 0.0372. The number of hydrogen-bond acceptors (Lipinski definition) is 5. The summed E-state index contributed by atoms with van der Waals surface area (Å²) < 4.78 is 47.3. The zero-order valence-corrected chi connectivity index (χ0v) is 9.96. The van der Waals surface area contributed by atoms with E-state index in [1.807, 2.05) is 0 Å². The van der Waals surface area contributed by atoms with Gasteiger partial charge in [0.25, 0.3) is 5.69 Å². The molecule has 0 bridgehead atoms. The third-order valence-electron chi connectivity index (χ3n) is 2.41. The van der Waals surface area contributed by atoms with Crippen LogP contribution in [0.3, 0.4) is 0 Å². The molecule has 10 heteroatoms. The first kappa shape index (κ1) is 15.3. The fraction of sp³-hybridized carbons (Fsp3) is 0.333. The molecule has 0 radical (unpaired) electrons. The molecule has 0 amide bonds. The number of nitrogens with two attached hydrogens (primary N) is 1. The molecule has 1 aliphatic heterocycles. The monoisotopic (exact) mass is 300 g/mol. The Balaban J connectivity index is 0.00000180. The van der Waals surface area contributed by atoms with E-state index in [0.29, 0.717) is 0 Å². The second kappa shape index (κ2) is 5.10. The Morgan fingerprint density at radius 2 is 1.84 bits per heavy atom. The molecule has 0 fully saturated rings. The van der Waals surface area contributed by atoms with Crippen molar-refractivity contribution in [2.45, 2.75) is 12.2 Å². The zero-order chi connectivity index (χ0) is 13.5. The average Bonchev–Trinajstić information content (AvgIpc) is 2.71. The van der Waals surface area contributed by atoms with Crippen molar-refractivity contribution in [3.8, 4) is 11.5 Å². The van der Waals surface area contributed by atoms with Gasteiger partial charge in [-0.25, -0.2) is 0 Å². The number of nitrogens with zero attached hydrogens (tertiary/aromatic N) is 1. The number of hydrogen-bond donors (Lipinski definition) is 1. The first-order valence-electron chi connectivity index (χ1n) is 4.71. The molecule has 1 heterocycles. The molecule has 1 aromatic carbocycles. The lowest BCUT2D eigenvalue weighted by atomic mass is 10.0. The first-order chi connectivity index (χ1) is 8.30. The molecule has 0 saturated carbocycles. The summed E-state index contributed by atoms with van der Waals surface area (Å²) in [5, 5.41) is 10.7. The van der Waals surface area contributed by atoms with Crippen molar-refractivity contribution in [1.29, 1.82) is 0 Å². The van der Waals surface area contributed by atoms with E-state index in [1.165, 1.54) is 0 Å². The van der Waals surface area contributed by atoms with E-state index in [-0.39, 0.29) is 30.7 Å². The molecule has 106 valence electrons. The van der Waals surface area contributed by atoms with Crippen LogP contribution >= 0.6 is 12.4 Å². The van der Waals surface area contributed by atoms with Gasteiger partial charge in [0.15, 0.2) is 11.5 Å². The van der Waals surface area contributed by atoms with E-state index in [9.17, 15) is 23.3 Å². The standard InChI is InChI=1S/C9H7F3N2O4.ClH/c10-9(11,12)8(13)4-1-6-7(18-3-17-6)2-5(4)14(15)16;/h1-2,8H,3,13H2;1H/t8-;/m0./s1. The Labute approximate surface area is 110 Å². The van der Waals surface area contributed by atoms with Crippen LogP contribution in [-0.2, 0) is 0 Å². The Bertz CT molecular complexity index is 509. The quantitative estimate of drug-likeness (QED) is 0.669. The number of alkyl halides is 3. The summed E-state index contributed by atoms with van der Waals surface area (Å²) in [5.41, 5.74) is 3.58. The van der Waals surface area contributed by atoms with Crippen molar-refractivity contribution in [3.63, 3.8) is 0 Å². The molecule has 0 spiro atoms. The minimum atomic E-state index is -4.78. The zero-order valence-electron chi connectivity index (χ0n) is 9.14. The molecular weight excluding hydrogens is 293 g/mol. The molecule has 1 aliphatic rings. The normalized spacial score (nSPS) is 14.7. The van der Waals surface area contributed by atoms with Gasteiger partial charge in [0.05, 0.1) is 16.6 Å². The van der Waals surface area contributed by atoms with E-state index in [4.69, 9.17) is 15.2 Å². The van der Waals surface area contributed by atoms with Gasteiger partial charge in [-0.1, -0.05) is 0 Å². The smallest absolute Gasteiger partial charge is 0.407 e. The van der Waals surface area contributed by atoms with Crippen molar-refractivity contribution in [2.24, 2.45) is 5.73 Å². The fourth-order valence-electron chi connectivity index (χ4n) is 1.53. The highest BCUT2D eigenvalue weighted by molar-refractivity contribution is 5.85. The van der Waals surface area contributed by atoms with Gasteiger partial charge in [0.1, 0.15) is 6.04 Å². The molecule has 2 rings (SSSR count). The maximum atomic E-state index is 12.5. The predicted octanol–water partition coefficient (Wildman–Crippen LogP) is 2.31. The molecular formula is C9H8ClF3N2O4. The summed E-state index contributed by atoms with van der Waals surface area (Å²) >= 11 is 0. The highest BCUT2D eigenvalue weighted by Gasteiger charge is 2.42. The van der Waals surface area contributed by atoms with E-state index >= 15 is 0 Å². The maximum absolute atomic E-state index is 12.5. The van der Waals surface area contributed by atoms with Crippen molar-refractivity contribution < 1.29 is 27.6 Å². The lowest BCUT2D eigenvalue weighted by Crippen LogP contribution is -2.29. The van der Waals surface area contributed by atoms with Gasteiger partial charge >= 0.3 is 6.18 Å². The highest BCUT2D eigenvalue weighted by Crippen LogP contribution is 2.43. The Morgan fingerprint density at radius 1 is 1.32 bits per heavy atom. The van der Waals surface area contributed by atoms with Crippen molar-refractivity contribution in [2.75, 3.05) is 6.79 Å². The summed E-state index contributed by atoms with van der Waals surface area (Å²) in [6, 6.07) is -0.686. The third-order valence-corrected chi connectivity index (χ3v) is 2.41. The summed E-state index contributed by atoms with van der Waals surface area (Å²) in [6.45, 7) is -0.197. The van der Waals surface area contributed by atoms with Crippen LogP contribution in [-0.4, -0.2) is 17.9 Å². The number of halogens is 4. The van der Waals surface area contributed by atoms with Gasteiger partial charge in [-0.3, -0.25) is 10.1 Å². The fourth-order valence-corrected chi connectivity index (χ4v) is 1.53. The number of rotatable bonds is 2. The van der Waals surface area contributed by atoms with Gasteiger partial charge in [-0.15, -0.1) is 12.4 Å². The molecule has 6 nitrogen and oxygen atoms in total. The lowest BCUT2D eigenvalue weighted by Gasteiger charge is -2.16. The minimum absolute atomic E-state index is 0. The van der Waals surface area contributed by atoms with Gasteiger partial charge < -0.3 is 15.2 Å². The summed E-state index contributed by atoms with van der Waals surface area (Å²) in [6.07, 6.45) is -4.78. The van der Waals surface area contributed by atoms with Crippen LogP contribution in [0.25, 0.3) is 0 Å². The highest BCUT2D eigenvalue weighted by atomic mass is 35.5. The van der Waals surface area contributed by atoms with Crippen molar-refractivity contribution in [3.05, 3.63) is 27.8 Å². The maximum Gasteiger partial charge on any atom is 0.407 e. The van der Waals surface area contributed by atoms with E-state index in [2.05, 4.69) is 0 Å². The number of nitro benzene ring substituents is 1. The number of nitro groups is 1. The summed E-state index contributed by atoms with van der Waals surface area (Å²) in [4.78, 5) is 9.80. The largest absolute Gasteiger partial charge is 0.454 e. The van der Waals surface area contributed by atoms with Crippen LogP contribution in [0, 0.1) is 10.1 Å². The van der Waals surface area contributed by atoms with Crippen LogP contribution in [0.1, 0.15) is 11.6 Å². The number of benzene rings is 1. The Hall–Kier alpha value is -1.74. The molecule has 1 atom stereocenters. The topological polar surface area (TPSA) is 87.6 Å². The molecule has 0 aromatic heterocycles. The average molecular weight is 301 g/mol. The van der Waals surface area contributed by atoms with Crippen molar-refractivity contribution >= 4 is 18.1 Å². The molecule has 0 saturated heterocycles. The Kier molecular flexibility index (Phi) is 4.11. The van der Waals surface area contributed by atoms with Crippen LogP contribution in [0.4, 0.5) is 18.9 Å². The first-order valence-corrected chi connectivity index (χ1v) is 4.71. The van der Waals surface area contributed by atoms with Gasteiger partial charge in [-0.05, 0) is 6.07 Å². The molecule has 19 heavy (non-hydrogen) atoms. The second-order valence-electron chi connectivity index (χ2n) is 3.54. The van der Waals surface area contributed by atoms with Gasteiger partial charge in [0.2, 0.25) is 6.79 Å². The van der Waals surface area contributed by atoms with E-state index in [0.717, 1.165) is 12.1 Å². The third kappa shape index (κ3) is 2.82. The lowest BCUT2D eigenvalue weighted by molar-refractivity contribution is -0.386. The van der Waals surface area contributed by atoms with E-state index < -0.39 is 28.4 Å². The van der Waals surface area contributed by atoms with Gasteiger partial charge in [0, 0.05) is 0 Å². The number of ether oxygens (including phenoxy) is 2. The predicted molar refractivity (Wildman–Crippen MR) is 59.5 cm³/mol. The van der Waals surface area contributed by atoms with Crippen LogP contribution in [0.2, 0.25) is 0 Å². The van der Waals surface area contributed by atoms with Crippen LogP contribution in [0.5, 0.6) is 11.5 Å². The molecule has 2 N–H and O–H groups in total. The SMILES string of the molecule is Cl.N[C@@H](c1cc2c(cc1[N+](=O)[O-])OCO2)C(F)(F)F. The Morgan fingerprint density at radius 3 is 2.32 bits per heavy atom. The molecule has 0 aliphatic carbocycles. The van der Waals surface area contributed by atoms with Crippen LogP contribution < -0.4 is 15.2 Å². The van der Waals surface area contributed by atoms with Crippen LogP contribution in [0.15, 0.2) is 12.1 Å². The van der Waals surface area contributed by atoms with E-state index in [1.54, 1.807) is 0 Å². The molecule has 1 aromatic rings. The minimum Gasteiger partial charge on any atom is -0.454 e. The molecule has 0 unspecified atom stereocenters.